The van der Waals surface area contributed by atoms with E-state index in [1.165, 1.54) is 0 Å². The number of aliphatic hydroxyl groups excluding tert-OH is 2. The van der Waals surface area contributed by atoms with Gasteiger partial charge in [-0.3, -0.25) is 0 Å². The smallest absolute Gasteiger partial charge is 0.0861 e. The van der Waals surface area contributed by atoms with Gasteiger partial charge in [-0.15, -0.1) is 0 Å². The summed E-state index contributed by atoms with van der Waals surface area (Å²) in [5.74, 6) is 0.640. The molecule has 1 heterocycles. The van der Waals surface area contributed by atoms with E-state index < -0.39 is 6.10 Å². The largest absolute Gasteiger partial charge is 0.394 e. The van der Waals surface area contributed by atoms with Crippen molar-refractivity contribution < 1.29 is 14.9 Å². The molecule has 2 N–H and O–H groups in total. The topological polar surface area (TPSA) is 49.7 Å². The van der Waals surface area contributed by atoms with E-state index >= 15 is 0 Å². The molecule has 1 atom stereocenters. The molecular formula is C8H16O3S. The molecule has 0 saturated carbocycles. The Hall–Kier alpha value is 0.230. The average molecular weight is 192 g/mol. The standard InChI is InChI=1S/C8H16O3S/c9-5-7(10)6-12-8-1-3-11-4-2-8/h7-10H,1-6H2. The maximum Gasteiger partial charge on any atom is 0.0861 e. The second kappa shape index (κ2) is 5.80. The number of hydrogen-bond donors (Lipinski definition) is 2. The molecule has 0 amide bonds. The van der Waals surface area contributed by atoms with Gasteiger partial charge >= 0.3 is 0 Å². The van der Waals surface area contributed by atoms with Crippen molar-refractivity contribution in [1.29, 1.82) is 0 Å². The van der Waals surface area contributed by atoms with Crippen LogP contribution in [0.2, 0.25) is 0 Å². The quantitative estimate of drug-likeness (QED) is 0.670. The molecule has 0 aromatic carbocycles. The lowest BCUT2D eigenvalue weighted by Gasteiger charge is -2.22. The van der Waals surface area contributed by atoms with Crippen LogP contribution in [0.1, 0.15) is 12.8 Å². The zero-order valence-corrected chi connectivity index (χ0v) is 7.92. The number of rotatable bonds is 4. The predicted octanol–water partition coefficient (Wildman–Crippen LogP) is 0.252. The van der Waals surface area contributed by atoms with E-state index in [0.717, 1.165) is 26.1 Å². The van der Waals surface area contributed by atoms with Crippen molar-refractivity contribution in [3.8, 4) is 0 Å². The van der Waals surface area contributed by atoms with Crippen molar-refractivity contribution in [2.45, 2.75) is 24.2 Å². The van der Waals surface area contributed by atoms with Crippen LogP contribution in [0, 0.1) is 0 Å². The molecule has 1 fully saturated rings. The van der Waals surface area contributed by atoms with Crippen molar-refractivity contribution in [2.24, 2.45) is 0 Å². The normalized spacial score (nSPS) is 22.5. The van der Waals surface area contributed by atoms with Gasteiger partial charge < -0.3 is 14.9 Å². The fourth-order valence-electron chi connectivity index (χ4n) is 1.14. The number of hydrogen-bond acceptors (Lipinski definition) is 4. The molecule has 0 aromatic rings. The van der Waals surface area contributed by atoms with Gasteiger partial charge in [0.05, 0.1) is 12.7 Å². The minimum absolute atomic E-state index is 0.129. The second-order valence-electron chi connectivity index (χ2n) is 2.98. The summed E-state index contributed by atoms with van der Waals surface area (Å²) in [6.07, 6.45) is 1.59. The second-order valence-corrected chi connectivity index (χ2v) is 4.31. The van der Waals surface area contributed by atoms with Gasteiger partial charge in [0.2, 0.25) is 0 Å². The summed E-state index contributed by atoms with van der Waals surface area (Å²) in [4.78, 5) is 0. The highest BCUT2D eigenvalue weighted by atomic mass is 32.2. The van der Waals surface area contributed by atoms with Crippen LogP contribution in [0.15, 0.2) is 0 Å². The maximum atomic E-state index is 9.09. The van der Waals surface area contributed by atoms with Crippen LogP contribution in [-0.2, 0) is 4.74 Å². The molecule has 0 radical (unpaired) electrons. The highest BCUT2D eigenvalue weighted by Gasteiger charge is 2.15. The lowest BCUT2D eigenvalue weighted by Crippen LogP contribution is -2.22. The highest BCUT2D eigenvalue weighted by molar-refractivity contribution is 7.99. The van der Waals surface area contributed by atoms with Crippen LogP contribution in [0.3, 0.4) is 0 Å². The molecule has 12 heavy (non-hydrogen) atoms. The van der Waals surface area contributed by atoms with Gasteiger partial charge in [-0.05, 0) is 12.8 Å². The summed E-state index contributed by atoms with van der Waals surface area (Å²) >= 11 is 1.74. The van der Waals surface area contributed by atoms with E-state index in [2.05, 4.69) is 0 Å². The summed E-state index contributed by atoms with van der Waals surface area (Å²) < 4.78 is 5.21. The van der Waals surface area contributed by atoms with Gasteiger partial charge in [0.1, 0.15) is 0 Å². The van der Waals surface area contributed by atoms with E-state index in [9.17, 15) is 0 Å². The fourth-order valence-corrected chi connectivity index (χ4v) is 2.27. The van der Waals surface area contributed by atoms with Crippen LogP contribution in [0.5, 0.6) is 0 Å². The average Bonchev–Trinajstić information content (AvgIpc) is 2.16. The minimum Gasteiger partial charge on any atom is -0.394 e. The van der Waals surface area contributed by atoms with Gasteiger partial charge in [-0.25, -0.2) is 0 Å². The van der Waals surface area contributed by atoms with E-state index in [-0.39, 0.29) is 6.61 Å². The van der Waals surface area contributed by atoms with Crippen LogP contribution in [-0.4, -0.2) is 47.1 Å². The third-order valence-corrected chi connectivity index (χ3v) is 3.42. The Morgan fingerprint density at radius 3 is 2.67 bits per heavy atom. The maximum absolute atomic E-state index is 9.09. The molecular weight excluding hydrogens is 176 g/mol. The summed E-state index contributed by atoms with van der Waals surface area (Å²) in [6.45, 7) is 1.55. The van der Waals surface area contributed by atoms with Crippen molar-refractivity contribution in [1.82, 2.24) is 0 Å². The lowest BCUT2D eigenvalue weighted by atomic mass is 10.2. The third-order valence-electron chi connectivity index (χ3n) is 1.90. The zero-order chi connectivity index (χ0) is 8.81. The Morgan fingerprint density at radius 2 is 2.08 bits per heavy atom. The Labute approximate surface area is 77.1 Å². The first-order chi connectivity index (χ1) is 5.83. The molecule has 1 rings (SSSR count). The predicted molar refractivity (Wildman–Crippen MR) is 49.4 cm³/mol. The Kier molecular flexibility index (Phi) is 4.99. The first-order valence-electron chi connectivity index (χ1n) is 4.31. The number of aliphatic hydroxyl groups is 2. The monoisotopic (exact) mass is 192 g/mol. The number of thioether (sulfide) groups is 1. The van der Waals surface area contributed by atoms with E-state index in [1.807, 2.05) is 0 Å². The summed E-state index contributed by atoms with van der Waals surface area (Å²) in [7, 11) is 0. The molecule has 72 valence electrons. The van der Waals surface area contributed by atoms with Gasteiger partial charge in [0.15, 0.2) is 0 Å². The lowest BCUT2D eigenvalue weighted by molar-refractivity contribution is 0.0987. The highest BCUT2D eigenvalue weighted by Crippen LogP contribution is 2.22. The Bertz CT molecular complexity index is 115. The van der Waals surface area contributed by atoms with Crippen LogP contribution in [0.4, 0.5) is 0 Å². The van der Waals surface area contributed by atoms with Gasteiger partial charge in [-0.2, -0.15) is 11.8 Å². The molecule has 4 heteroatoms. The van der Waals surface area contributed by atoms with Crippen molar-refractivity contribution >= 4 is 11.8 Å². The molecule has 0 bridgehead atoms. The van der Waals surface area contributed by atoms with Crippen LogP contribution < -0.4 is 0 Å². The molecule has 1 aliphatic rings. The first-order valence-corrected chi connectivity index (χ1v) is 5.36. The van der Waals surface area contributed by atoms with Crippen molar-refractivity contribution in [3.63, 3.8) is 0 Å². The van der Waals surface area contributed by atoms with Gasteiger partial charge in [0, 0.05) is 24.2 Å². The number of ether oxygens (including phenoxy) is 1. The van der Waals surface area contributed by atoms with Gasteiger partial charge in [0.25, 0.3) is 0 Å². The first kappa shape index (κ1) is 10.3. The third kappa shape index (κ3) is 3.76. The molecule has 1 saturated heterocycles. The van der Waals surface area contributed by atoms with E-state index in [0.29, 0.717) is 11.0 Å². The molecule has 0 aromatic heterocycles. The van der Waals surface area contributed by atoms with Crippen LogP contribution in [0.25, 0.3) is 0 Å². The molecule has 3 nitrogen and oxygen atoms in total. The van der Waals surface area contributed by atoms with E-state index in [4.69, 9.17) is 14.9 Å². The van der Waals surface area contributed by atoms with Crippen molar-refractivity contribution in [2.75, 3.05) is 25.6 Å². The SMILES string of the molecule is OCC(O)CSC1CCOCC1. The Balaban J connectivity index is 2.05. The fraction of sp³-hybridized carbons (Fsp3) is 1.00. The zero-order valence-electron chi connectivity index (χ0n) is 7.11. The summed E-state index contributed by atoms with van der Waals surface area (Å²) in [6, 6.07) is 0. The van der Waals surface area contributed by atoms with Crippen LogP contribution >= 0.6 is 11.8 Å². The molecule has 0 aliphatic carbocycles. The minimum atomic E-state index is -0.558. The summed E-state index contributed by atoms with van der Waals surface area (Å²) in [5.41, 5.74) is 0. The summed E-state index contributed by atoms with van der Waals surface area (Å²) in [5, 5.41) is 18.3. The molecule has 1 aliphatic heterocycles. The van der Waals surface area contributed by atoms with Gasteiger partial charge in [-0.1, -0.05) is 0 Å². The molecule has 1 unspecified atom stereocenters. The molecule has 0 spiro atoms. The Morgan fingerprint density at radius 1 is 1.42 bits per heavy atom. The van der Waals surface area contributed by atoms with E-state index in [1.54, 1.807) is 11.8 Å². The van der Waals surface area contributed by atoms with Crippen molar-refractivity contribution in [3.05, 3.63) is 0 Å².